The van der Waals surface area contributed by atoms with Crippen LogP contribution < -0.4 is 0 Å². The molecule has 0 aromatic carbocycles. The van der Waals surface area contributed by atoms with E-state index >= 15 is 0 Å². The first-order valence-corrected chi connectivity index (χ1v) is 5.48. The van der Waals surface area contributed by atoms with Crippen LogP contribution in [0.15, 0.2) is 11.6 Å². The smallest absolute Gasteiger partial charge is 0.333 e. The average molecular weight is 232 g/mol. The zero-order valence-electron chi connectivity index (χ0n) is 9.88. The van der Waals surface area contributed by atoms with Crippen molar-refractivity contribution in [2.45, 2.75) is 45.5 Å². The van der Waals surface area contributed by atoms with Gasteiger partial charge in [0.1, 0.15) is 12.2 Å². The summed E-state index contributed by atoms with van der Waals surface area (Å²) in [5.41, 5.74) is 0.206. The van der Waals surface area contributed by atoms with Gasteiger partial charge in [-0.3, -0.25) is 0 Å². The van der Waals surface area contributed by atoms with Crippen LogP contribution in [-0.4, -0.2) is 46.2 Å². The third kappa shape index (κ3) is 3.92. The standard InChI is InChI=1S/C9H14O5.C2H6/c1-2-14-9(13)5-3-6(10)8(12)7(11)4-5;1-2/h3,6-8,10-12H,2,4H2,1H3;1-2H3. The molecule has 0 spiro atoms. The topological polar surface area (TPSA) is 87.0 Å². The maximum atomic E-state index is 11.2. The Kier molecular flexibility index (Phi) is 6.96. The van der Waals surface area contributed by atoms with Gasteiger partial charge in [-0.1, -0.05) is 13.8 Å². The lowest BCUT2D eigenvalue weighted by Crippen LogP contribution is -2.41. The quantitative estimate of drug-likeness (QED) is 0.583. The van der Waals surface area contributed by atoms with Gasteiger partial charge in [0, 0.05) is 12.0 Å². The molecular formula is C11H20O5. The first kappa shape index (κ1) is 15.1. The van der Waals surface area contributed by atoms with Crippen molar-refractivity contribution in [3.8, 4) is 0 Å². The van der Waals surface area contributed by atoms with Crippen molar-refractivity contribution in [3.05, 3.63) is 11.6 Å². The number of carbonyl (C=O) groups excluding carboxylic acids is 1. The lowest BCUT2D eigenvalue weighted by Gasteiger charge is -2.26. The SMILES string of the molecule is CC.CCOC(=O)C1=CC(O)C(O)C(O)C1. The minimum atomic E-state index is -1.23. The molecular weight excluding hydrogens is 212 g/mol. The van der Waals surface area contributed by atoms with Gasteiger partial charge in [-0.05, 0) is 13.0 Å². The summed E-state index contributed by atoms with van der Waals surface area (Å²) in [6.07, 6.45) is -2.33. The number of ether oxygens (including phenoxy) is 1. The molecule has 0 fully saturated rings. The second-order valence-electron chi connectivity index (χ2n) is 3.17. The molecule has 3 atom stereocenters. The summed E-state index contributed by atoms with van der Waals surface area (Å²) in [6, 6.07) is 0. The van der Waals surface area contributed by atoms with E-state index in [9.17, 15) is 20.1 Å². The van der Waals surface area contributed by atoms with E-state index < -0.39 is 24.3 Å². The molecule has 5 nitrogen and oxygen atoms in total. The first-order chi connectivity index (χ1) is 7.56. The van der Waals surface area contributed by atoms with Gasteiger partial charge in [-0.15, -0.1) is 0 Å². The van der Waals surface area contributed by atoms with E-state index in [-0.39, 0.29) is 18.6 Å². The van der Waals surface area contributed by atoms with Crippen molar-refractivity contribution in [2.24, 2.45) is 0 Å². The Bertz CT molecular complexity index is 249. The monoisotopic (exact) mass is 232 g/mol. The summed E-state index contributed by atoms with van der Waals surface area (Å²) in [5, 5.41) is 27.7. The van der Waals surface area contributed by atoms with Crippen LogP contribution >= 0.6 is 0 Å². The summed E-state index contributed by atoms with van der Waals surface area (Å²) in [7, 11) is 0. The van der Waals surface area contributed by atoms with Crippen molar-refractivity contribution in [1.82, 2.24) is 0 Å². The maximum Gasteiger partial charge on any atom is 0.333 e. The van der Waals surface area contributed by atoms with Gasteiger partial charge in [0.2, 0.25) is 0 Å². The van der Waals surface area contributed by atoms with Crippen molar-refractivity contribution in [3.63, 3.8) is 0 Å². The number of hydrogen-bond donors (Lipinski definition) is 3. The highest BCUT2D eigenvalue weighted by molar-refractivity contribution is 5.88. The number of aliphatic hydroxyl groups is 3. The van der Waals surface area contributed by atoms with E-state index in [0.29, 0.717) is 0 Å². The van der Waals surface area contributed by atoms with E-state index in [1.807, 2.05) is 13.8 Å². The van der Waals surface area contributed by atoms with Gasteiger partial charge in [-0.2, -0.15) is 0 Å². The number of hydrogen-bond acceptors (Lipinski definition) is 5. The Hall–Kier alpha value is -0.910. The highest BCUT2D eigenvalue weighted by Gasteiger charge is 2.31. The fourth-order valence-electron chi connectivity index (χ4n) is 1.32. The minimum Gasteiger partial charge on any atom is -0.463 e. The van der Waals surface area contributed by atoms with Crippen LogP contribution in [0.5, 0.6) is 0 Å². The predicted molar refractivity (Wildman–Crippen MR) is 58.7 cm³/mol. The summed E-state index contributed by atoms with van der Waals surface area (Å²) in [4.78, 5) is 11.2. The second-order valence-corrected chi connectivity index (χ2v) is 3.17. The molecule has 0 saturated heterocycles. The summed E-state index contributed by atoms with van der Waals surface area (Å²) >= 11 is 0. The molecule has 0 aromatic heterocycles. The van der Waals surface area contributed by atoms with Gasteiger partial charge in [-0.25, -0.2) is 4.79 Å². The van der Waals surface area contributed by atoms with Crippen LogP contribution in [0.2, 0.25) is 0 Å². The normalized spacial score (nSPS) is 28.6. The summed E-state index contributed by atoms with van der Waals surface area (Å²) in [5.74, 6) is -0.558. The lowest BCUT2D eigenvalue weighted by molar-refractivity contribution is -0.140. The summed E-state index contributed by atoms with van der Waals surface area (Å²) in [6.45, 7) is 5.91. The van der Waals surface area contributed by atoms with Gasteiger partial charge < -0.3 is 20.1 Å². The van der Waals surface area contributed by atoms with Crippen LogP contribution in [0.1, 0.15) is 27.2 Å². The molecule has 3 N–H and O–H groups in total. The molecule has 5 heteroatoms. The highest BCUT2D eigenvalue weighted by Crippen LogP contribution is 2.20. The minimum absolute atomic E-state index is 0.0110. The molecule has 1 aliphatic rings. The molecule has 1 aliphatic carbocycles. The summed E-state index contributed by atoms with van der Waals surface area (Å²) < 4.78 is 4.70. The molecule has 0 amide bonds. The first-order valence-electron chi connectivity index (χ1n) is 5.48. The Morgan fingerprint density at radius 2 is 2.00 bits per heavy atom. The number of rotatable bonds is 2. The van der Waals surface area contributed by atoms with E-state index in [4.69, 9.17) is 4.74 Å². The van der Waals surface area contributed by atoms with Crippen LogP contribution in [0, 0.1) is 0 Å². The van der Waals surface area contributed by atoms with Crippen LogP contribution in [0.3, 0.4) is 0 Å². The highest BCUT2D eigenvalue weighted by atomic mass is 16.5. The number of esters is 1. The Morgan fingerprint density at radius 3 is 2.44 bits per heavy atom. The largest absolute Gasteiger partial charge is 0.463 e. The Balaban J connectivity index is 0.00000106. The number of carbonyl (C=O) groups is 1. The molecule has 0 heterocycles. The molecule has 0 aliphatic heterocycles. The number of aliphatic hydroxyl groups excluding tert-OH is 3. The molecule has 0 aromatic rings. The lowest BCUT2D eigenvalue weighted by atomic mass is 9.92. The average Bonchev–Trinajstić information content (AvgIpc) is 2.28. The zero-order chi connectivity index (χ0) is 12.7. The fraction of sp³-hybridized carbons (Fsp3) is 0.727. The van der Waals surface area contributed by atoms with Gasteiger partial charge in [0.05, 0.1) is 12.7 Å². The third-order valence-electron chi connectivity index (χ3n) is 2.08. The molecule has 16 heavy (non-hydrogen) atoms. The molecule has 3 unspecified atom stereocenters. The van der Waals surface area contributed by atoms with Crippen molar-refractivity contribution in [2.75, 3.05) is 6.61 Å². The zero-order valence-corrected chi connectivity index (χ0v) is 9.88. The van der Waals surface area contributed by atoms with Crippen LogP contribution in [0.4, 0.5) is 0 Å². The second kappa shape index (κ2) is 7.38. The van der Waals surface area contributed by atoms with E-state index in [2.05, 4.69) is 0 Å². The van der Waals surface area contributed by atoms with Gasteiger partial charge in [0.15, 0.2) is 0 Å². The van der Waals surface area contributed by atoms with Crippen molar-refractivity contribution in [1.29, 1.82) is 0 Å². The Morgan fingerprint density at radius 1 is 1.44 bits per heavy atom. The predicted octanol–water partition coefficient (Wildman–Crippen LogP) is -0.0115. The van der Waals surface area contributed by atoms with Gasteiger partial charge >= 0.3 is 5.97 Å². The fourth-order valence-corrected chi connectivity index (χ4v) is 1.32. The van der Waals surface area contributed by atoms with Crippen molar-refractivity contribution >= 4 is 5.97 Å². The van der Waals surface area contributed by atoms with E-state index in [1.54, 1.807) is 6.92 Å². The molecule has 0 radical (unpaired) electrons. The van der Waals surface area contributed by atoms with E-state index in [0.717, 1.165) is 0 Å². The molecule has 0 saturated carbocycles. The van der Waals surface area contributed by atoms with Crippen LogP contribution in [0.25, 0.3) is 0 Å². The van der Waals surface area contributed by atoms with E-state index in [1.165, 1.54) is 6.08 Å². The molecule has 1 rings (SSSR count). The Labute approximate surface area is 95.4 Å². The molecule has 94 valence electrons. The van der Waals surface area contributed by atoms with Crippen LogP contribution in [-0.2, 0) is 9.53 Å². The molecule has 0 bridgehead atoms. The van der Waals surface area contributed by atoms with Crippen molar-refractivity contribution < 1.29 is 24.9 Å². The third-order valence-corrected chi connectivity index (χ3v) is 2.08. The van der Waals surface area contributed by atoms with Gasteiger partial charge in [0.25, 0.3) is 0 Å². The maximum absolute atomic E-state index is 11.2.